The van der Waals surface area contributed by atoms with Crippen molar-refractivity contribution in [2.75, 3.05) is 18.1 Å². The summed E-state index contributed by atoms with van der Waals surface area (Å²) in [6.45, 7) is 5.28. The Kier molecular flexibility index (Phi) is 7.32. The molecule has 1 aromatic carbocycles. The summed E-state index contributed by atoms with van der Waals surface area (Å²) in [7, 11) is -3.48. The van der Waals surface area contributed by atoms with Crippen molar-refractivity contribution in [3.63, 3.8) is 0 Å². The number of nitrogens with one attached hydrogen (secondary N) is 1. The van der Waals surface area contributed by atoms with Crippen LogP contribution in [0.3, 0.4) is 0 Å². The molecule has 29 heavy (non-hydrogen) atoms. The van der Waals surface area contributed by atoms with E-state index in [1.54, 1.807) is 39.0 Å². The lowest BCUT2D eigenvalue weighted by Crippen LogP contribution is -2.60. The molecule has 0 saturated carbocycles. The second-order valence-corrected chi connectivity index (χ2v) is 10.9. The topological polar surface area (TPSA) is 130 Å². The summed E-state index contributed by atoms with van der Waals surface area (Å²) in [6.07, 6.45) is -1.35. The SMILES string of the molecule is CC(C)(C)[C@@H](O)C(=O)N1CCS(=O)(=O)CC1C(=O)NCc1cc(Cl)ccc1CN. The zero-order valence-electron chi connectivity index (χ0n) is 16.8. The van der Waals surface area contributed by atoms with E-state index in [1.807, 2.05) is 0 Å². The number of hydrogen-bond acceptors (Lipinski definition) is 6. The Hall–Kier alpha value is -1.68. The molecule has 0 bridgehead atoms. The van der Waals surface area contributed by atoms with Gasteiger partial charge in [-0.05, 0) is 28.7 Å². The van der Waals surface area contributed by atoms with E-state index in [1.165, 1.54) is 0 Å². The number of sulfone groups is 1. The molecular weight excluding hydrogens is 418 g/mol. The van der Waals surface area contributed by atoms with Crippen molar-refractivity contribution in [2.45, 2.75) is 46.0 Å². The normalized spacial score (nSPS) is 20.2. The van der Waals surface area contributed by atoms with Gasteiger partial charge in [0.05, 0.1) is 11.5 Å². The number of aliphatic hydroxyl groups excluding tert-OH is 1. The average molecular weight is 446 g/mol. The van der Waals surface area contributed by atoms with Crippen LogP contribution in [-0.2, 0) is 32.5 Å². The molecule has 1 unspecified atom stereocenters. The highest BCUT2D eigenvalue weighted by atomic mass is 35.5. The van der Waals surface area contributed by atoms with Crippen LogP contribution in [-0.4, -0.2) is 60.4 Å². The highest BCUT2D eigenvalue weighted by Gasteiger charge is 2.42. The third-order valence-corrected chi connectivity index (χ3v) is 6.78. The summed E-state index contributed by atoms with van der Waals surface area (Å²) in [5.41, 5.74) is 6.46. The molecular formula is C19H28ClN3O5S. The van der Waals surface area contributed by atoms with Crippen molar-refractivity contribution in [3.8, 4) is 0 Å². The van der Waals surface area contributed by atoms with Gasteiger partial charge < -0.3 is 21.1 Å². The Morgan fingerprint density at radius 3 is 2.59 bits per heavy atom. The second kappa shape index (κ2) is 8.99. The number of benzene rings is 1. The summed E-state index contributed by atoms with van der Waals surface area (Å²) < 4.78 is 24.2. The smallest absolute Gasteiger partial charge is 0.252 e. The molecule has 2 rings (SSSR count). The Morgan fingerprint density at radius 2 is 2.00 bits per heavy atom. The van der Waals surface area contributed by atoms with E-state index >= 15 is 0 Å². The molecule has 0 spiro atoms. The van der Waals surface area contributed by atoms with Crippen LogP contribution >= 0.6 is 11.6 Å². The van der Waals surface area contributed by atoms with Gasteiger partial charge in [0.2, 0.25) is 5.91 Å². The monoisotopic (exact) mass is 445 g/mol. The van der Waals surface area contributed by atoms with Crippen molar-refractivity contribution in [2.24, 2.45) is 11.1 Å². The predicted octanol–water partition coefficient (Wildman–Crippen LogP) is 0.448. The Morgan fingerprint density at radius 1 is 1.34 bits per heavy atom. The fourth-order valence-corrected chi connectivity index (χ4v) is 4.72. The lowest BCUT2D eigenvalue weighted by molar-refractivity contribution is -0.151. The largest absolute Gasteiger partial charge is 0.383 e. The van der Waals surface area contributed by atoms with Gasteiger partial charge in [-0.1, -0.05) is 38.4 Å². The first-order valence-corrected chi connectivity index (χ1v) is 11.5. The zero-order valence-corrected chi connectivity index (χ0v) is 18.4. The number of rotatable bonds is 5. The summed E-state index contributed by atoms with van der Waals surface area (Å²) in [5.74, 6) is -1.99. The van der Waals surface area contributed by atoms with Crippen molar-refractivity contribution in [3.05, 3.63) is 34.3 Å². The Labute approximate surface area is 176 Å². The van der Waals surface area contributed by atoms with Gasteiger partial charge in [-0.25, -0.2) is 8.42 Å². The second-order valence-electron chi connectivity index (χ2n) is 8.27. The molecule has 0 aliphatic carbocycles. The van der Waals surface area contributed by atoms with Gasteiger partial charge in [-0.3, -0.25) is 9.59 Å². The first-order valence-electron chi connectivity index (χ1n) is 9.30. The molecule has 4 N–H and O–H groups in total. The zero-order chi connectivity index (χ0) is 22.0. The molecule has 8 nitrogen and oxygen atoms in total. The van der Waals surface area contributed by atoms with E-state index in [0.717, 1.165) is 10.5 Å². The summed E-state index contributed by atoms with van der Waals surface area (Å²) in [4.78, 5) is 26.7. The minimum absolute atomic E-state index is 0.0896. The molecule has 1 heterocycles. The van der Waals surface area contributed by atoms with Crippen molar-refractivity contribution in [1.82, 2.24) is 10.2 Å². The molecule has 1 fully saturated rings. The molecule has 0 radical (unpaired) electrons. The minimum Gasteiger partial charge on any atom is -0.383 e. The molecule has 2 amide bonds. The van der Waals surface area contributed by atoms with Crippen LogP contribution in [0.1, 0.15) is 31.9 Å². The predicted molar refractivity (Wildman–Crippen MR) is 111 cm³/mol. The van der Waals surface area contributed by atoms with E-state index in [9.17, 15) is 23.1 Å². The quantitative estimate of drug-likeness (QED) is 0.603. The third kappa shape index (κ3) is 5.91. The van der Waals surface area contributed by atoms with Gasteiger partial charge in [-0.15, -0.1) is 0 Å². The Bertz CT molecular complexity index is 882. The van der Waals surface area contributed by atoms with E-state index in [0.29, 0.717) is 10.6 Å². The third-order valence-electron chi connectivity index (χ3n) is 4.91. The lowest BCUT2D eigenvalue weighted by Gasteiger charge is -2.38. The molecule has 0 aromatic heterocycles. The van der Waals surface area contributed by atoms with Gasteiger partial charge in [0, 0.05) is 24.7 Å². The van der Waals surface area contributed by atoms with E-state index < -0.39 is 45.0 Å². The van der Waals surface area contributed by atoms with Crippen molar-refractivity contribution >= 4 is 33.3 Å². The minimum atomic E-state index is -3.48. The fourth-order valence-electron chi connectivity index (χ4n) is 3.07. The van der Waals surface area contributed by atoms with Gasteiger partial charge in [0.25, 0.3) is 5.91 Å². The number of nitrogens with zero attached hydrogens (tertiary/aromatic N) is 1. The fraction of sp³-hybridized carbons (Fsp3) is 0.579. The molecule has 162 valence electrons. The maximum atomic E-state index is 12.8. The van der Waals surface area contributed by atoms with Crippen molar-refractivity contribution in [1.29, 1.82) is 0 Å². The van der Waals surface area contributed by atoms with Crippen LogP contribution in [0.5, 0.6) is 0 Å². The maximum Gasteiger partial charge on any atom is 0.252 e. The average Bonchev–Trinajstić information content (AvgIpc) is 2.63. The van der Waals surface area contributed by atoms with E-state index in [4.69, 9.17) is 17.3 Å². The molecule has 10 heteroatoms. The summed E-state index contributed by atoms with van der Waals surface area (Å²) in [5, 5.41) is 13.5. The highest BCUT2D eigenvalue weighted by Crippen LogP contribution is 2.24. The summed E-state index contributed by atoms with van der Waals surface area (Å²) in [6, 6.07) is 3.91. The van der Waals surface area contributed by atoms with Crippen LogP contribution in [0.15, 0.2) is 18.2 Å². The van der Waals surface area contributed by atoms with Gasteiger partial charge in [0.15, 0.2) is 9.84 Å². The number of nitrogens with two attached hydrogens (primary N) is 1. The number of carbonyl (C=O) groups excluding carboxylic acids is 2. The number of aliphatic hydroxyl groups is 1. The molecule has 1 aliphatic heterocycles. The number of amides is 2. The lowest BCUT2D eigenvalue weighted by atomic mass is 9.88. The van der Waals surface area contributed by atoms with E-state index in [-0.39, 0.29) is 25.4 Å². The van der Waals surface area contributed by atoms with Crippen LogP contribution in [0, 0.1) is 5.41 Å². The number of hydrogen-bond donors (Lipinski definition) is 3. The van der Waals surface area contributed by atoms with Crippen LogP contribution in [0.2, 0.25) is 5.02 Å². The van der Waals surface area contributed by atoms with Crippen LogP contribution in [0.25, 0.3) is 0 Å². The Balaban J connectivity index is 2.21. The highest BCUT2D eigenvalue weighted by molar-refractivity contribution is 7.91. The standard InChI is InChI=1S/C19H28ClN3O5S/c1-19(2,3)16(24)18(26)23-6-7-29(27,28)11-15(23)17(25)22-10-13-8-14(20)5-4-12(13)9-21/h4-5,8,15-16,24H,6-7,9-11,21H2,1-3H3,(H,22,25)/t15?,16-/m0/s1. The number of halogens is 1. The summed E-state index contributed by atoms with van der Waals surface area (Å²) >= 11 is 6.00. The van der Waals surface area contributed by atoms with E-state index in [2.05, 4.69) is 5.32 Å². The first-order chi connectivity index (χ1) is 13.4. The van der Waals surface area contributed by atoms with Crippen LogP contribution in [0.4, 0.5) is 0 Å². The number of carbonyl (C=O) groups is 2. The van der Waals surface area contributed by atoms with Gasteiger partial charge in [0.1, 0.15) is 12.1 Å². The molecule has 1 aromatic rings. The first kappa shape index (κ1) is 23.6. The van der Waals surface area contributed by atoms with Crippen molar-refractivity contribution < 1.29 is 23.1 Å². The maximum absolute atomic E-state index is 12.8. The molecule has 1 aliphatic rings. The van der Waals surface area contributed by atoms with Gasteiger partial charge in [-0.2, -0.15) is 0 Å². The van der Waals surface area contributed by atoms with Gasteiger partial charge >= 0.3 is 0 Å². The molecule has 1 saturated heterocycles. The molecule has 2 atom stereocenters. The van der Waals surface area contributed by atoms with Crippen LogP contribution < -0.4 is 11.1 Å².